The smallest absolute Gasteiger partial charge is 0.120 e. The number of nitrogens with zero attached hydrogens (tertiary/aromatic N) is 2. The number of furan rings is 1. The molecule has 3 heterocycles. The van der Waals surface area contributed by atoms with Gasteiger partial charge in [0.1, 0.15) is 5.58 Å². The van der Waals surface area contributed by atoms with Crippen LogP contribution in [0, 0.1) is 31.3 Å². The van der Waals surface area contributed by atoms with E-state index in [2.05, 4.69) is 78.4 Å². The van der Waals surface area contributed by atoms with Gasteiger partial charge in [-0.1, -0.05) is 128 Å². The van der Waals surface area contributed by atoms with Crippen molar-refractivity contribution in [2.45, 2.75) is 59.1 Å². The van der Waals surface area contributed by atoms with Crippen LogP contribution in [0.1, 0.15) is 71.7 Å². The van der Waals surface area contributed by atoms with Gasteiger partial charge < -0.3 is 14.4 Å². The number of pyridine rings is 2. The molecule has 54 heavy (non-hydrogen) atoms. The van der Waals surface area contributed by atoms with Crippen molar-refractivity contribution in [3.05, 3.63) is 169 Å². The molecule has 3 aromatic heterocycles. The van der Waals surface area contributed by atoms with Gasteiger partial charge in [0.05, 0.1) is 5.58 Å². The number of benzene rings is 5. The average molecular weight is 888 g/mol. The molecule has 0 N–H and O–H groups in total. The molecule has 0 aliphatic heterocycles. The van der Waals surface area contributed by atoms with Crippen molar-refractivity contribution in [1.29, 1.82) is 0 Å². The van der Waals surface area contributed by atoms with Crippen molar-refractivity contribution in [2.75, 3.05) is 0 Å². The minimum absolute atomic E-state index is 0. The Morgan fingerprint density at radius 2 is 1.54 bits per heavy atom. The average Bonchev–Trinajstić information content (AvgIpc) is 3.64. The SMILES string of the molecule is [2H]C([2H])([2H])c1ccc(-c2[c-]cc(C([2H])([2H])[2H])c(-c3ccccc3)c2)nc1.[2H]C1(c2ccc(-c3ccnc(-c4[c-]ccc5c4oc4ccccc45)c3)cc2)CCC(C)(C)CC1.[Ir]. The molecular formula is C50H44IrN2O-2. The van der Waals surface area contributed by atoms with Crippen LogP contribution in [-0.2, 0) is 20.1 Å². The number of aryl methyl sites for hydroxylation is 2. The van der Waals surface area contributed by atoms with Crippen LogP contribution in [0.15, 0.2) is 144 Å². The first-order valence-corrected chi connectivity index (χ1v) is 18.1. The molecule has 3 nitrogen and oxygen atoms in total. The molecule has 1 saturated carbocycles. The summed E-state index contributed by atoms with van der Waals surface area (Å²) in [6.45, 7) is 0.161. The third kappa shape index (κ3) is 8.02. The third-order valence-electron chi connectivity index (χ3n) is 10.3. The Kier molecular flexibility index (Phi) is 8.70. The fourth-order valence-electron chi connectivity index (χ4n) is 7.09. The van der Waals surface area contributed by atoms with E-state index in [0.717, 1.165) is 81.1 Å². The molecule has 0 unspecified atom stereocenters. The number of rotatable bonds is 5. The van der Waals surface area contributed by atoms with E-state index in [-0.39, 0.29) is 31.2 Å². The molecule has 0 saturated heterocycles. The zero-order valence-corrected chi connectivity index (χ0v) is 32.6. The molecule has 0 bridgehead atoms. The Hall–Kier alpha value is -5.15. The first-order chi connectivity index (χ1) is 28.6. The Labute approximate surface area is 342 Å². The monoisotopic (exact) mass is 888 g/mol. The van der Waals surface area contributed by atoms with Crippen molar-refractivity contribution in [3.8, 4) is 44.8 Å². The predicted octanol–water partition coefficient (Wildman–Crippen LogP) is 13.6. The Balaban J connectivity index is 0.000000188. The van der Waals surface area contributed by atoms with Gasteiger partial charge in [0, 0.05) is 47.5 Å². The van der Waals surface area contributed by atoms with Crippen LogP contribution < -0.4 is 0 Å². The number of hydrogen-bond acceptors (Lipinski definition) is 3. The molecule has 271 valence electrons. The zero-order valence-electron chi connectivity index (χ0n) is 37.2. The van der Waals surface area contributed by atoms with Gasteiger partial charge in [-0.05, 0) is 95.2 Å². The summed E-state index contributed by atoms with van der Waals surface area (Å²) in [7, 11) is 0. The van der Waals surface area contributed by atoms with Crippen LogP contribution in [0.3, 0.4) is 0 Å². The molecule has 1 radical (unpaired) electrons. The second-order valence-electron chi connectivity index (χ2n) is 14.4. The van der Waals surface area contributed by atoms with Crippen molar-refractivity contribution in [3.63, 3.8) is 0 Å². The van der Waals surface area contributed by atoms with Crippen molar-refractivity contribution in [2.24, 2.45) is 5.41 Å². The van der Waals surface area contributed by atoms with E-state index in [1.807, 2.05) is 66.9 Å². The summed E-state index contributed by atoms with van der Waals surface area (Å²) in [5.74, 6) is -0.469. The molecule has 1 fully saturated rings. The van der Waals surface area contributed by atoms with Gasteiger partial charge in [-0.2, -0.15) is 0 Å². The first kappa shape index (κ1) is 29.2. The summed E-state index contributed by atoms with van der Waals surface area (Å²) in [4.78, 5) is 8.86. The van der Waals surface area contributed by atoms with Crippen LogP contribution >= 0.6 is 0 Å². The first-order valence-electron chi connectivity index (χ1n) is 21.6. The number of hydrogen-bond donors (Lipinski definition) is 0. The van der Waals surface area contributed by atoms with Crippen molar-refractivity contribution < 1.29 is 34.1 Å². The summed E-state index contributed by atoms with van der Waals surface area (Å²) < 4.78 is 60.8. The van der Waals surface area contributed by atoms with E-state index in [9.17, 15) is 0 Å². The Bertz CT molecular complexity index is 2770. The van der Waals surface area contributed by atoms with E-state index >= 15 is 0 Å². The summed E-state index contributed by atoms with van der Waals surface area (Å²) in [5, 5.41) is 2.19. The standard InChI is InChI=1S/C31H28NO.C19H16N.Ir/c1-31(2)17-14-23(15-18-31)21-10-12-22(13-11-21)24-16-19-32-28(20-24)27-8-5-7-26-25-6-3-4-9-29(25)33-30(26)27;1-14-8-11-19(20-13-14)17-10-9-15(2)18(12-17)16-6-4-3-5-7-16;/h3-7,9-13,16,19-20,23H,14-15,17-18H2,1-2H3;3-9,11-13H,1-2H3;/q2*-1;/i23D;1D3,2D3;. The molecule has 9 rings (SSSR count). The number of fused-ring (bicyclic) bond motifs is 3. The van der Waals surface area contributed by atoms with E-state index in [1.165, 1.54) is 18.3 Å². The zero-order chi connectivity index (χ0) is 42.3. The number of para-hydroxylation sites is 1. The fraction of sp³-hybridized carbons (Fsp3) is 0.200. The maximum absolute atomic E-state index is 9.06. The number of aromatic nitrogens is 2. The molecule has 5 aromatic carbocycles. The molecule has 0 atom stereocenters. The molecule has 4 heteroatoms. The molecule has 8 aromatic rings. The quantitative estimate of drug-likeness (QED) is 0.162. The van der Waals surface area contributed by atoms with Crippen molar-refractivity contribution in [1.82, 2.24) is 9.97 Å². The van der Waals surface area contributed by atoms with Gasteiger partial charge in [-0.25, -0.2) is 0 Å². The molecule has 1 aliphatic carbocycles. The second-order valence-corrected chi connectivity index (χ2v) is 14.4. The van der Waals surface area contributed by atoms with E-state index in [0.29, 0.717) is 22.2 Å². The van der Waals surface area contributed by atoms with Gasteiger partial charge in [-0.3, -0.25) is 0 Å². The normalized spacial score (nSPS) is 16.9. The van der Waals surface area contributed by atoms with Crippen LogP contribution in [-0.4, -0.2) is 9.97 Å². The third-order valence-corrected chi connectivity index (χ3v) is 10.3. The second kappa shape index (κ2) is 16.1. The molecular weight excluding hydrogens is 837 g/mol. The van der Waals surface area contributed by atoms with Crippen molar-refractivity contribution >= 4 is 21.9 Å². The largest absolute Gasteiger partial charge is 0.501 e. The molecule has 0 amide bonds. The Morgan fingerprint density at radius 3 is 2.30 bits per heavy atom. The van der Waals surface area contributed by atoms with Crippen LogP contribution in [0.25, 0.3) is 66.7 Å². The maximum atomic E-state index is 9.06. The van der Waals surface area contributed by atoms with Gasteiger partial charge in [-0.15, -0.1) is 47.5 Å². The summed E-state index contributed by atoms with van der Waals surface area (Å²) in [5.41, 5.74) is 10.0. The van der Waals surface area contributed by atoms with Crippen LogP contribution in [0.2, 0.25) is 0 Å². The summed E-state index contributed by atoms with van der Waals surface area (Å²) >= 11 is 0. The maximum Gasteiger partial charge on any atom is 0.120 e. The minimum atomic E-state index is -2.27. The van der Waals surface area contributed by atoms with E-state index in [4.69, 9.17) is 14.0 Å². The van der Waals surface area contributed by atoms with Crippen LogP contribution in [0.4, 0.5) is 0 Å². The Morgan fingerprint density at radius 1 is 0.741 bits per heavy atom. The van der Waals surface area contributed by atoms with E-state index in [1.54, 1.807) is 12.1 Å². The van der Waals surface area contributed by atoms with Gasteiger partial charge in [0.25, 0.3) is 0 Å². The molecule has 1 aliphatic rings. The molecule has 0 spiro atoms. The fourth-order valence-corrected chi connectivity index (χ4v) is 7.09. The topological polar surface area (TPSA) is 38.9 Å². The van der Waals surface area contributed by atoms with E-state index < -0.39 is 19.6 Å². The van der Waals surface area contributed by atoms with Gasteiger partial charge in [0.2, 0.25) is 0 Å². The summed E-state index contributed by atoms with van der Waals surface area (Å²) in [6.07, 6.45) is 7.23. The van der Waals surface area contributed by atoms with Gasteiger partial charge in [0.15, 0.2) is 0 Å². The van der Waals surface area contributed by atoms with Gasteiger partial charge >= 0.3 is 0 Å². The summed E-state index contributed by atoms with van der Waals surface area (Å²) in [6, 6.07) is 46.7. The predicted molar refractivity (Wildman–Crippen MR) is 220 cm³/mol. The minimum Gasteiger partial charge on any atom is -0.501 e. The van der Waals surface area contributed by atoms with Crippen LogP contribution in [0.5, 0.6) is 0 Å².